The van der Waals surface area contributed by atoms with Crippen LogP contribution in [0.2, 0.25) is 0 Å². The van der Waals surface area contributed by atoms with E-state index in [1.807, 2.05) is 6.92 Å². The molecule has 0 bridgehead atoms. The van der Waals surface area contributed by atoms with Gasteiger partial charge in [0.15, 0.2) is 0 Å². The first-order valence-corrected chi connectivity index (χ1v) is 6.04. The van der Waals surface area contributed by atoms with Crippen molar-refractivity contribution in [1.29, 1.82) is 0 Å². The largest absolute Gasteiger partial charge is 0.403 e. The second kappa shape index (κ2) is 3.96. The highest BCUT2D eigenvalue weighted by atomic mass is 31.2. The first-order valence-electron chi connectivity index (χ1n) is 4.43. The Morgan fingerprint density at radius 1 is 1.57 bits per heavy atom. The topological polar surface area (TPSA) is 78.7 Å². The van der Waals surface area contributed by atoms with Gasteiger partial charge in [-0.3, -0.25) is 14.7 Å². The van der Waals surface area contributed by atoms with Crippen molar-refractivity contribution in [3.05, 3.63) is 10.1 Å². The lowest BCUT2D eigenvalue weighted by Gasteiger charge is -2.32. The van der Waals surface area contributed by atoms with Crippen molar-refractivity contribution in [2.75, 3.05) is 6.61 Å². The van der Waals surface area contributed by atoms with Crippen LogP contribution in [0, 0.1) is 16.0 Å². The van der Waals surface area contributed by atoms with E-state index in [1.165, 1.54) is 6.92 Å². The Balaban J connectivity index is 2.77. The van der Waals surface area contributed by atoms with E-state index in [1.54, 1.807) is 6.92 Å². The van der Waals surface area contributed by atoms with Crippen LogP contribution in [0.3, 0.4) is 0 Å². The van der Waals surface area contributed by atoms with E-state index in [0.717, 1.165) is 0 Å². The summed E-state index contributed by atoms with van der Waals surface area (Å²) in [6.45, 7) is 5.11. The van der Waals surface area contributed by atoms with Crippen LogP contribution in [0.5, 0.6) is 0 Å². The van der Waals surface area contributed by atoms with Crippen molar-refractivity contribution in [2.45, 2.75) is 32.7 Å². The molecule has 0 aromatic carbocycles. The van der Waals surface area contributed by atoms with Gasteiger partial charge in [0.2, 0.25) is 0 Å². The van der Waals surface area contributed by atoms with Crippen molar-refractivity contribution in [3.63, 3.8) is 0 Å². The highest BCUT2D eigenvalue weighted by Gasteiger charge is 2.46. The maximum absolute atomic E-state index is 11.8. The number of hydrogen-bond acceptors (Lipinski definition) is 5. The summed E-state index contributed by atoms with van der Waals surface area (Å²) in [6.07, 6.45) is -0.267. The Labute approximate surface area is 82.3 Å². The minimum atomic E-state index is -3.55. The first-order chi connectivity index (χ1) is 6.37. The standard InChI is InChI=1S/C7H14NO5P/c1-5-4-12-14(11,13-6(5)2)7(3)8(9)10/h5-7H,4H2,1-3H3. The number of hydrogen-bond donors (Lipinski definition) is 0. The summed E-state index contributed by atoms with van der Waals surface area (Å²) in [5, 5.41) is 10.5. The Morgan fingerprint density at radius 3 is 2.57 bits per heavy atom. The van der Waals surface area contributed by atoms with Gasteiger partial charge < -0.3 is 9.05 Å². The van der Waals surface area contributed by atoms with Crippen LogP contribution in [0.1, 0.15) is 20.8 Å². The monoisotopic (exact) mass is 223 g/mol. The Morgan fingerprint density at radius 2 is 2.14 bits per heavy atom. The highest BCUT2D eigenvalue weighted by Crippen LogP contribution is 2.57. The second-order valence-corrected chi connectivity index (χ2v) is 5.84. The van der Waals surface area contributed by atoms with Crippen molar-refractivity contribution >= 4 is 7.60 Å². The molecule has 0 aromatic heterocycles. The molecule has 1 aliphatic heterocycles. The molecule has 7 heteroatoms. The van der Waals surface area contributed by atoms with Gasteiger partial charge in [-0.25, -0.2) is 0 Å². The van der Waals surface area contributed by atoms with E-state index in [0.29, 0.717) is 0 Å². The number of nitro groups is 1. The first kappa shape index (κ1) is 11.6. The van der Waals surface area contributed by atoms with E-state index in [9.17, 15) is 14.7 Å². The molecule has 1 fully saturated rings. The molecule has 0 radical (unpaired) electrons. The van der Waals surface area contributed by atoms with Gasteiger partial charge in [0.1, 0.15) is 0 Å². The molecule has 0 aromatic rings. The van der Waals surface area contributed by atoms with Gasteiger partial charge in [-0.05, 0) is 6.92 Å². The Hall–Kier alpha value is -0.450. The molecule has 14 heavy (non-hydrogen) atoms. The molecule has 82 valence electrons. The summed E-state index contributed by atoms with van der Waals surface area (Å²) < 4.78 is 21.9. The van der Waals surface area contributed by atoms with E-state index in [-0.39, 0.29) is 18.6 Å². The van der Waals surface area contributed by atoms with Crippen molar-refractivity contribution < 1.29 is 18.5 Å². The second-order valence-electron chi connectivity index (χ2n) is 3.54. The fourth-order valence-corrected chi connectivity index (χ4v) is 2.83. The van der Waals surface area contributed by atoms with E-state index < -0.39 is 18.3 Å². The average Bonchev–Trinajstić information content (AvgIpc) is 2.11. The van der Waals surface area contributed by atoms with Crippen LogP contribution in [0.4, 0.5) is 0 Å². The molecule has 0 amide bonds. The molecule has 0 N–H and O–H groups in total. The summed E-state index contributed by atoms with van der Waals surface area (Å²) in [6, 6.07) is 0. The van der Waals surface area contributed by atoms with Gasteiger partial charge in [-0.1, -0.05) is 6.92 Å². The lowest BCUT2D eigenvalue weighted by atomic mass is 10.1. The molecule has 1 saturated heterocycles. The van der Waals surface area contributed by atoms with Crippen LogP contribution in [0.15, 0.2) is 0 Å². The van der Waals surface area contributed by atoms with Gasteiger partial charge in [0.05, 0.1) is 12.7 Å². The molecule has 1 aliphatic rings. The lowest BCUT2D eigenvalue weighted by molar-refractivity contribution is -0.497. The average molecular weight is 223 g/mol. The van der Waals surface area contributed by atoms with Crippen LogP contribution >= 0.6 is 7.60 Å². The fraction of sp³-hybridized carbons (Fsp3) is 1.00. The molecule has 4 atom stereocenters. The minimum absolute atomic E-state index is 0.107. The summed E-state index contributed by atoms with van der Waals surface area (Å²) >= 11 is 0. The van der Waals surface area contributed by atoms with Crippen LogP contribution < -0.4 is 0 Å². The molecule has 0 aliphatic carbocycles. The zero-order valence-electron chi connectivity index (χ0n) is 8.37. The third-order valence-corrected chi connectivity index (χ3v) is 4.63. The van der Waals surface area contributed by atoms with Gasteiger partial charge >= 0.3 is 13.4 Å². The molecule has 1 rings (SSSR count). The van der Waals surface area contributed by atoms with Crippen molar-refractivity contribution in [1.82, 2.24) is 0 Å². The van der Waals surface area contributed by atoms with Gasteiger partial charge in [0.25, 0.3) is 0 Å². The molecule has 1 heterocycles. The Bertz CT molecular complexity index is 281. The summed E-state index contributed by atoms with van der Waals surface area (Å²) in [5.41, 5.74) is 0. The van der Waals surface area contributed by atoms with Gasteiger partial charge in [-0.15, -0.1) is 0 Å². The molecular weight excluding hydrogens is 209 g/mol. The molecule has 0 saturated carbocycles. The van der Waals surface area contributed by atoms with E-state index >= 15 is 0 Å². The predicted octanol–water partition coefficient (Wildman–Crippen LogP) is 1.87. The predicted molar refractivity (Wildman–Crippen MR) is 49.7 cm³/mol. The summed E-state index contributed by atoms with van der Waals surface area (Å²) in [4.78, 5) is 9.83. The highest BCUT2D eigenvalue weighted by molar-refractivity contribution is 7.54. The number of nitrogens with zero attached hydrogens (tertiary/aromatic N) is 1. The zero-order chi connectivity index (χ0) is 10.9. The third-order valence-electron chi connectivity index (χ3n) is 2.39. The molecule has 6 nitrogen and oxygen atoms in total. The van der Waals surface area contributed by atoms with E-state index in [2.05, 4.69) is 0 Å². The Kier molecular flexibility index (Phi) is 3.29. The number of rotatable bonds is 2. The summed E-state index contributed by atoms with van der Waals surface area (Å²) in [5.74, 6) is -1.19. The SMILES string of the molecule is CC1COP(=O)(C(C)[N+](=O)[O-])OC1C. The van der Waals surface area contributed by atoms with E-state index in [4.69, 9.17) is 9.05 Å². The maximum atomic E-state index is 11.8. The maximum Gasteiger partial charge on any atom is 0.403 e. The van der Waals surface area contributed by atoms with Crippen LogP contribution in [-0.2, 0) is 13.6 Å². The van der Waals surface area contributed by atoms with Crippen LogP contribution in [0.25, 0.3) is 0 Å². The van der Waals surface area contributed by atoms with Gasteiger partial charge in [0, 0.05) is 17.8 Å². The molecular formula is C7H14NO5P. The van der Waals surface area contributed by atoms with Crippen LogP contribution in [-0.4, -0.2) is 23.4 Å². The third kappa shape index (κ3) is 2.13. The smallest absolute Gasteiger partial charge is 0.303 e. The molecule has 0 spiro atoms. The van der Waals surface area contributed by atoms with Gasteiger partial charge in [-0.2, -0.15) is 0 Å². The zero-order valence-corrected chi connectivity index (χ0v) is 9.27. The summed E-state index contributed by atoms with van der Waals surface area (Å²) in [7, 11) is -3.55. The quantitative estimate of drug-likeness (QED) is 0.405. The molecule has 4 unspecified atom stereocenters. The normalized spacial score (nSPS) is 40.5. The van der Waals surface area contributed by atoms with Crippen molar-refractivity contribution in [3.8, 4) is 0 Å². The fourth-order valence-electron chi connectivity index (χ4n) is 1.03. The minimum Gasteiger partial charge on any atom is -0.303 e. The lowest BCUT2D eigenvalue weighted by Crippen LogP contribution is -2.32. The van der Waals surface area contributed by atoms with Crippen molar-refractivity contribution in [2.24, 2.45) is 5.92 Å².